The van der Waals surface area contributed by atoms with Crippen molar-refractivity contribution < 1.29 is 19.4 Å². The van der Waals surface area contributed by atoms with Crippen LogP contribution in [0, 0.1) is 11.8 Å². The molecule has 1 fully saturated rings. The Balaban J connectivity index is 2.28. The summed E-state index contributed by atoms with van der Waals surface area (Å²) in [5, 5.41) is 9.02. The van der Waals surface area contributed by atoms with Gasteiger partial charge >= 0.3 is 11.9 Å². The molecule has 0 bridgehead atoms. The largest absolute Gasteiger partial charge is 0.481 e. The number of rotatable bonds is 13. The van der Waals surface area contributed by atoms with Gasteiger partial charge in [-0.05, 0) is 25.2 Å². The monoisotopic (exact) mass is 352 g/mol. The van der Waals surface area contributed by atoms with Crippen molar-refractivity contribution in [2.75, 3.05) is 6.61 Å². The standard InChI is InChI=1S/C21H36O4/c1-2-3-4-5-6-7-11-14-19(17-20(22)23)21(24)25-16-15-18-12-9-8-10-13-18/h11,14,18-19H,2-10,12-13,15-17H2,1H3,(H,22,23). The average Bonchev–Trinajstić information content (AvgIpc) is 2.60. The molecule has 1 saturated carbocycles. The first kappa shape index (κ1) is 21.7. The quantitative estimate of drug-likeness (QED) is 0.270. The second-order valence-corrected chi connectivity index (χ2v) is 7.30. The molecule has 0 saturated heterocycles. The van der Waals surface area contributed by atoms with Gasteiger partial charge in [0.1, 0.15) is 0 Å². The number of hydrogen-bond acceptors (Lipinski definition) is 3. The topological polar surface area (TPSA) is 63.6 Å². The van der Waals surface area contributed by atoms with Gasteiger partial charge in [0.25, 0.3) is 0 Å². The van der Waals surface area contributed by atoms with Crippen LogP contribution in [0.1, 0.15) is 90.4 Å². The van der Waals surface area contributed by atoms with Crippen molar-refractivity contribution in [1.82, 2.24) is 0 Å². The molecule has 144 valence electrons. The third kappa shape index (κ3) is 11.0. The lowest BCUT2D eigenvalue weighted by atomic mass is 9.87. The van der Waals surface area contributed by atoms with Gasteiger partial charge in [0.2, 0.25) is 0 Å². The van der Waals surface area contributed by atoms with Gasteiger partial charge in [-0.15, -0.1) is 0 Å². The molecule has 0 aliphatic heterocycles. The van der Waals surface area contributed by atoms with Crippen LogP contribution in [0.15, 0.2) is 12.2 Å². The summed E-state index contributed by atoms with van der Waals surface area (Å²) in [6.07, 6.45) is 17.6. The molecule has 0 spiro atoms. The molecule has 1 unspecified atom stereocenters. The maximum Gasteiger partial charge on any atom is 0.313 e. The molecule has 0 aromatic carbocycles. The predicted octanol–water partition coefficient (Wildman–Crippen LogP) is 5.51. The van der Waals surface area contributed by atoms with Crippen LogP contribution < -0.4 is 0 Å². The highest BCUT2D eigenvalue weighted by Crippen LogP contribution is 2.26. The number of ether oxygens (including phenoxy) is 1. The molecule has 1 aliphatic carbocycles. The van der Waals surface area contributed by atoms with Crippen LogP contribution in [0.3, 0.4) is 0 Å². The smallest absolute Gasteiger partial charge is 0.313 e. The minimum absolute atomic E-state index is 0.186. The number of aliphatic carboxylic acids is 1. The number of unbranched alkanes of at least 4 members (excludes halogenated alkanes) is 5. The molecular formula is C21H36O4. The van der Waals surface area contributed by atoms with E-state index in [2.05, 4.69) is 6.92 Å². The molecule has 25 heavy (non-hydrogen) atoms. The summed E-state index contributed by atoms with van der Waals surface area (Å²) in [4.78, 5) is 23.2. The van der Waals surface area contributed by atoms with Crippen molar-refractivity contribution in [3.05, 3.63) is 12.2 Å². The number of carbonyl (C=O) groups is 2. The number of hydrogen-bond donors (Lipinski definition) is 1. The van der Waals surface area contributed by atoms with Gasteiger partial charge in [-0.2, -0.15) is 0 Å². The Morgan fingerprint density at radius 1 is 1.12 bits per heavy atom. The number of esters is 1. The number of allylic oxidation sites excluding steroid dienone is 1. The molecule has 0 aromatic rings. The van der Waals surface area contributed by atoms with Crippen LogP contribution in [-0.2, 0) is 14.3 Å². The molecule has 1 aliphatic rings. The molecule has 1 rings (SSSR count). The van der Waals surface area contributed by atoms with E-state index < -0.39 is 11.9 Å². The van der Waals surface area contributed by atoms with Gasteiger partial charge in [0, 0.05) is 0 Å². The maximum absolute atomic E-state index is 12.2. The highest BCUT2D eigenvalue weighted by atomic mass is 16.5. The normalized spacial score (nSPS) is 16.8. The van der Waals surface area contributed by atoms with Crippen molar-refractivity contribution in [2.24, 2.45) is 11.8 Å². The third-order valence-corrected chi connectivity index (χ3v) is 5.04. The van der Waals surface area contributed by atoms with E-state index in [0.717, 1.165) is 19.3 Å². The summed E-state index contributed by atoms with van der Waals surface area (Å²) in [7, 11) is 0. The molecule has 1 N–H and O–H groups in total. The fraction of sp³-hybridized carbons (Fsp3) is 0.810. The molecule has 4 nitrogen and oxygen atoms in total. The van der Waals surface area contributed by atoms with Crippen molar-refractivity contribution >= 4 is 11.9 Å². The highest BCUT2D eigenvalue weighted by molar-refractivity contribution is 5.80. The Hall–Kier alpha value is -1.32. The summed E-state index contributed by atoms with van der Waals surface area (Å²) in [6.45, 7) is 2.61. The van der Waals surface area contributed by atoms with Gasteiger partial charge in [-0.1, -0.05) is 76.9 Å². The van der Waals surface area contributed by atoms with Gasteiger partial charge in [0.05, 0.1) is 18.9 Å². The van der Waals surface area contributed by atoms with Crippen LogP contribution in [0.2, 0.25) is 0 Å². The fourth-order valence-electron chi connectivity index (χ4n) is 3.45. The zero-order chi connectivity index (χ0) is 18.3. The number of carboxylic acid groups (broad SMARTS) is 1. The first-order valence-electron chi connectivity index (χ1n) is 10.2. The zero-order valence-electron chi connectivity index (χ0n) is 15.9. The van der Waals surface area contributed by atoms with Gasteiger partial charge in [-0.25, -0.2) is 0 Å². The predicted molar refractivity (Wildman–Crippen MR) is 100 cm³/mol. The summed E-state index contributed by atoms with van der Waals surface area (Å²) >= 11 is 0. The molecule has 0 heterocycles. The lowest BCUT2D eigenvalue weighted by Crippen LogP contribution is -2.21. The molecule has 0 amide bonds. The fourth-order valence-corrected chi connectivity index (χ4v) is 3.45. The van der Waals surface area contributed by atoms with E-state index in [1.807, 2.05) is 6.08 Å². The average molecular weight is 353 g/mol. The van der Waals surface area contributed by atoms with Crippen molar-refractivity contribution in [2.45, 2.75) is 90.4 Å². The first-order valence-corrected chi connectivity index (χ1v) is 10.2. The van der Waals surface area contributed by atoms with E-state index >= 15 is 0 Å². The Labute approximate surface area is 153 Å². The van der Waals surface area contributed by atoms with E-state index in [0.29, 0.717) is 12.5 Å². The molecule has 4 heteroatoms. The lowest BCUT2D eigenvalue weighted by molar-refractivity contribution is -0.151. The number of carboxylic acids is 1. The summed E-state index contributed by atoms with van der Waals surface area (Å²) in [6, 6.07) is 0. The lowest BCUT2D eigenvalue weighted by Gasteiger charge is -2.21. The number of carbonyl (C=O) groups excluding carboxylic acids is 1. The Morgan fingerprint density at radius 3 is 2.52 bits per heavy atom. The summed E-state index contributed by atoms with van der Waals surface area (Å²) in [5.74, 6) is -1.33. The molecule has 0 radical (unpaired) electrons. The summed E-state index contributed by atoms with van der Waals surface area (Å²) < 4.78 is 5.36. The van der Waals surface area contributed by atoms with E-state index in [4.69, 9.17) is 9.84 Å². The highest BCUT2D eigenvalue weighted by Gasteiger charge is 2.21. The van der Waals surface area contributed by atoms with Crippen LogP contribution in [0.25, 0.3) is 0 Å². The van der Waals surface area contributed by atoms with E-state index in [9.17, 15) is 9.59 Å². The second-order valence-electron chi connectivity index (χ2n) is 7.30. The Bertz CT molecular complexity index is 397. The second kappa shape index (κ2) is 13.9. The van der Waals surface area contributed by atoms with Gasteiger partial charge in [0.15, 0.2) is 0 Å². The van der Waals surface area contributed by atoms with E-state index in [-0.39, 0.29) is 12.4 Å². The van der Waals surface area contributed by atoms with E-state index in [1.54, 1.807) is 6.08 Å². The first-order chi connectivity index (χ1) is 12.1. The van der Waals surface area contributed by atoms with E-state index in [1.165, 1.54) is 57.8 Å². The minimum atomic E-state index is -0.957. The summed E-state index contributed by atoms with van der Waals surface area (Å²) in [5.41, 5.74) is 0. The maximum atomic E-state index is 12.2. The van der Waals surface area contributed by atoms with Crippen LogP contribution in [0.5, 0.6) is 0 Å². The van der Waals surface area contributed by atoms with Crippen molar-refractivity contribution in [3.63, 3.8) is 0 Å². The Kier molecular flexibility index (Phi) is 12.1. The van der Waals surface area contributed by atoms with Crippen molar-refractivity contribution in [1.29, 1.82) is 0 Å². The van der Waals surface area contributed by atoms with Crippen LogP contribution >= 0.6 is 0 Å². The molecular weight excluding hydrogens is 316 g/mol. The van der Waals surface area contributed by atoms with Crippen molar-refractivity contribution in [3.8, 4) is 0 Å². The Morgan fingerprint density at radius 2 is 1.84 bits per heavy atom. The molecule has 1 atom stereocenters. The van der Waals surface area contributed by atoms with Gasteiger partial charge < -0.3 is 9.84 Å². The van der Waals surface area contributed by atoms with Crippen LogP contribution in [0.4, 0.5) is 0 Å². The zero-order valence-corrected chi connectivity index (χ0v) is 15.9. The SMILES string of the molecule is CCCCCCCC=CC(CC(=O)O)C(=O)OCCC1CCCCC1. The van der Waals surface area contributed by atoms with Gasteiger partial charge in [-0.3, -0.25) is 9.59 Å². The van der Waals surface area contributed by atoms with Crippen LogP contribution in [-0.4, -0.2) is 23.7 Å². The molecule has 0 aromatic heterocycles. The minimum Gasteiger partial charge on any atom is -0.481 e. The third-order valence-electron chi connectivity index (χ3n) is 5.04.